The molecule has 0 saturated carbocycles. The molecule has 0 amide bonds. The highest BCUT2D eigenvalue weighted by Gasteiger charge is 2.35. The molecule has 0 N–H and O–H groups in total. The van der Waals surface area contributed by atoms with Crippen molar-refractivity contribution in [1.29, 1.82) is 0 Å². The molecule has 0 aliphatic heterocycles. The lowest BCUT2D eigenvalue weighted by Crippen LogP contribution is -2.14. The van der Waals surface area contributed by atoms with Gasteiger partial charge in [0.15, 0.2) is 11.6 Å². The molecule has 14 aromatic rings. The fourth-order valence-corrected chi connectivity index (χ4v) is 37.4. The van der Waals surface area contributed by atoms with E-state index in [1.807, 2.05) is 45.3 Å². The average molecular weight is 2230 g/mol. The van der Waals surface area contributed by atoms with Gasteiger partial charge in [0.2, 0.25) is 0 Å². The molecule has 12 heterocycles. The molecule has 0 saturated heterocycles. The Morgan fingerprint density at radius 2 is 0.514 bits per heavy atom. The summed E-state index contributed by atoms with van der Waals surface area (Å²) in [6.07, 6.45) is 69.3. The quantitative estimate of drug-likeness (QED) is 0.0282. The van der Waals surface area contributed by atoms with Crippen molar-refractivity contribution in [1.82, 2.24) is 0 Å². The Kier molecular flexibility index (Phi) is 50.7. The number of rotatable bonds is 70. The van der Waals surface area contributed by atoms with E-state index in [-0.39, 0.29) is 9.75 Å². The Hall–Kier alpha value is -4.80. The highest BCUT2D eigenvalue weighted by Crippen LogP contribution is 2.60. The number of benzene rings is 2. The highest BCUT2D eigenvalue weighted by molar-refractivity contribution is 7.32. The zero-order valence-electron chi connectivity index (χ0n) is 94.2. The number of hydrogen-bond donors (Lipinski definition) is 0. The van der Waals surface area contributed by atoms with Crippen molar-refractivity contribution in [2.24, 2.45) is 23.7 Å². The summed E-state index contributed by atoms with van der Waals surface area (Å²) in [4.78, 5) is 48.6. The Morgan fingerprint density at radius 3 is 0.818 bits per heavy atom. The first kappa shape index (κ1) is 120. The standard InChI is InChI=1S/C67H95FO2S6.C63H87FO2S6/c1-9-15-20-24-28-32-37-49-42-55(73-53(49)39-34-30-26-22-17-11-3)58-51-41-46(7)71-63(51)59(56-43-50(38-33-29-25-21-16-10-2)54(74-56)40-35-31-27-23-18-12-4)52-44-57(75-64(52)58)65-60-61(68)66(76-62(60)47(8)72-65)67(69)70-45-48(14-6)36-19-13-5;1-11-19-24-26-31-49-45(34-42(16-6)28-21-13-3)36-51(69-49)54-47-33-40(9)67-59(47)55(52-37-46(35-43(17-7)29-22-14-4)50(70-52)32-27-25-20-12-2)48-38-53(71-60(48)54)61-56-57(64)62(72-58(56)41(10)68-61)63(65)66-39-44(18-8)30-23-15-5/h41-44,48H,9-40,45H2,1-8H3;33,36-38,42-44H,11-32,34-35,39H2,1-10H3. The molecule has 0 aliphatic rings. The lowest BCUT2D eigenvalue weighted by atomic mass is 9.90. The summed E-state index contributed by atoms with van der Waals surface area (Å²) < 4.78 is 53.3. The normalized spacial score (nSPS) is 12.9. The topological polar surface area (TPSA) is 52.6 Å². The zero-order valence-corrected chi connectivity index (χ0v) is 104. The molecule has 4 unspecified atom stereocenters. The molecule has 4 atom stereocenters. The van der Waals surface area contributed by atoms with Crippen LogP contribution in [-0.4, -0.2) is 25.2 Å². The summed E-state index contributed by atoms with van der Waals surface area (Å²) >= 11 is 21.9. The lowest BCUT2D eigenvalue weighted by molar-refractivity contribution is 0.0420. The predicted octanol–water partition coefficient (Wildman–Crippen LogP) is 48.7. The number of hydrogen-bond acceptors (Lipinski definition) is 16. The number of aryl methyl sites for hydroxylation is 10. The van der Waals surface area contributed by atoms with Gasteiger partial charge in [0.1, 0.15) is 9.75 Å². The van der Waals surface area contributed by atoms with Crippen LogP contribution in [0.15, 0.2) is 48.5 Å². The molecule has 148 heavy (non-hydrogen) atoms. The molecule has 2 aromatic carbocycles. The number of unbranched alkanes of at least 4 members (excludes halogenated alkanes) is 30. The van der Waals surface area contributed by atoms with Crippen molar-refractivity contribution in [3.63, 3.8) is 0 Å². The maximum absolute atomic E-state index is 17.2. The van der Waals surface area contributed by atoms with Crippen LogP contribution in [-0.2, 0) is 60.8 Å². The van der Waals surface area contributed by atoms with Crippen LogP contribution in [0.2, 0.25) is 0 Å². The van der Waals surface area contributed by atoms with Crippen LogP contribution in [0, 0.1) is 63.0 Å². The van der Waals surface area contributed by atoms with Crippen LogP contribution in [0.5, 0.6) is 0 Å². The molecule has 14 rings (SSSR count). The molecule has 812 valence electrons. The van der Waals surface area contributed by atoms with Gasteiger partial charge in [-0.2, -0.15) is 0 Å². The maximum Gasteiger partial charge on any atom is 0.351 e. The Bertz CT molecular complexity index is 6080. The molecular weight excluding hydrogens is 2050 g/mol. The molecule has 0 fully saturated rings. The summed E-state index contributed by atoms with van der Waals surface area (Å²) in [5.41, 5.74) is 11.8. The summed E-state index contributed by atoms with van der Waals surface area (Å²) in [5, 5.41) is 6.54. The summed E-state index contributed by atoms with van der Waals surface area (Å²) in [5.74, 6) is 0.130. The van der Waals surface area contributed by atoms with Crippen molar-refractivity contribution in [2.45, 2.75) is 484 Å². The van der Waals surface area contributed by atoms with Crippen molar-refractivity contribution >= 4 is 208 Å². The van der Waals surface area contributed by atoms with E-state index in [0.717, 1.165) is 141 Å². The van der Waals surface area contributed by atoms with E-state index in [9.17, 15) is 9.59 Å². The largest absolute Gasteiger partial charge is 0.461 e. The van der Waals surface area contributed by atoms with Gasteiger partial charge in [-0.05, 0) is 225 Å². The summed E-state index contributed by atoms with van der Waals surface area (Å²) in [7, 11) is 0. The molecule has 4 nitrogen and oxygen atoms in total. The minimum absolute atomic E-state index is 0.116. The fourth-order valence-electron chi connectivity index (χ4n) is 22.4. The van der Waals surface area contributed by atoms with Gasteiger partial charge in [-0.1, -0.05) is 354 Å². The maximum atomic E-state index is 17.2. The molecule has 12 aromatic heterocycles. The number of halogens is 2. The van der Waals surface area contributed by atoms with E-state index >= 15 is 8.78 Å². The van der Waals surface area contributed by atoms with Gasteiger partial charge in [0, 0.05) is 142 Å². The van der Waals surface area contributed by atoms with E-state index in [4.69, 9.17) is 9.47 Å². The van der Waals surface area contributed by atoms with Crippen LogP contribution in [0.3, 0.4) is 0 Å². The number of esters is 2. The second-order valence-corrected chi connectivity index (χ2v) is 57.1. The number of carbonyl (C=O) groups is 2. The van der Waals surface area contributed by atoms with Crippen LogP contribution in [0.1, 0.15) is 486 Å². The van der Waals surface area contributed by atoms with Crippen molar-refractivity contribution in [3.8, 4) is 61.3 Å². The minimum atomic E-state index is -0.520. The van der Waals surface area contributed by atoms with Crippen molar-refractivity contribution in [2.75, 3.05) is 13.2 Å². The molecule has 0 bridgehead atoms. The number of ether oxygens (including phenoxy) is 2. The number of carbonyl (C=O) groups excluding carboxylic acids is 2. The Labute approximate surface area is 940 Å². The first-order chi connectivity index (χ1) is 72.2. The van der Waals surface area contributed by atoms with Crippen LogP contribution in [0.4, 0.5) is 8.78 Å². The SMILES string of the molecule is CCCCCCCCc1cc(-c2c3cc(-c4sc(C)c5sc(C(=O)OCC(CC)CCCC)c(F)c45)sc3c(-c3cc(CCCCCCCC)c(CCCCCCCC)s3)c3cc(C)sc23)sc1CCCCCCCC.CCCCCCc1sc(-c2c3cc(-c4sc(C)c5sc(C(=O)OCC(CC)CCCC)c(F)c45)sc3c(-c3cc(CC(CC)CCCC)c(CCCCCC)s3)c3cc(C)sc23)cc1CC(CC)CCCC. The van der Waals surface area contributed by atoms with Crippen LogP contribution >= 0.6 is 136 Å². The van der Waals surface area contributed by atoms with Gasteiger partial charge in [0.05, 0.1) is 32.4 Å². The van der Waals surface area contributed by atoms with Crippen molar-refractivity contribution < 1.29 is 27.8 Å². The molecule has 0 aliphatic carbocycles. The van der Waals surface area contributed by atoms with E-state index in [1.54, 1.807) is 64.4 Å². The van der Waals surface area contributed by atoms with E-state index < -0.39 is 23.6 Å². The first-order valence-electron chi connectivity index (χ1n) is 59.4. The highest BCUT2D eigenvalue weighted by atomic mass is 32.1. The zero-order chi connectivity index (χ0) is 105. The third-order valence-electron chi connectivity index (χ3n) is 31.6. The second kappa shape index (κ2) is 62.4. The Morgan fingerprint density at radius 1 is 0.257 bits per heavy atom. The van der Waals surface area contributed by atoms with Gasteiger partial charge in [0.25, 0.3) is 0 Å². The van der Waals surface area contributed by atoms with Gasteiger partial charge in [-0.3, -0.25) is 0 Å². The predicted molar refractivity (Wildman–Crippen MR) is 669 cm³/mol. The Balaban J connectivity index is 0.000000247. The minimum Gasteiger partial charge on any atom is -0.461 e. The van der Waals surface area contributed by atoms with Crippen molar-refractivity contribution in [3.05, 3.63) is 131 Å². The lowest BCUT2D eigenvalue weighted by Gasteiger charge is -2.15. The van der Waals surface area contributed by atoms with Crippen LogP contribution in [0.25, 0.3) is 122 Å². The number of thiophene rings is 12. The molecule has 18 heteroatoms. The van der Waals surface area contributed by atoms with E-state index in [0.29, 0.717) is 47.7 Å². The summed E-state index contributed by atoms with van der Waals surface area (Å²) in [6, 6.07) is 20.3. The van der Waals surface area contributed by atoms with E-state index in [1.165, 1.54) is 371 Å². The monoisotopic (exact) mass is 2230 g/mol. The second-order valence-electron chi connectivity index (χ2n) is 43.5. The third kappa shape index (κ3) is 31.4. The van der Waals surface area contributed by atoms with Gasteiger partial charge >= 0.3 is 11.9 Å². The first-order valence-corrected chi connectivity index (χ1v) is 69.2. The van der Waals surface area contributed by atoms with Gasteiger partial charge in [-0.25, -0.2) is 18.4 Å². The molecule has 0 radical (unpaired) electrons. The van der Waals surface area contributed by atoms with Gasteiger partial charge < -0.3 is 9.47 Å². The molecular formula is C130H182F2O4S12. The van der Waals surface area contributed by atoms with Crippen LogP contribution < -0.4 is 0 Å². The smallest absolute Gasteiger partial charge is 0.351 e. The fraction of sp³-hybridized carbons (Fsp3) is 0.615. The average Bonchev–Trinajstić information content (AvgIpc) is 1.56. The van der Waals surface area contributed by atoms with Gasteiger partial charge in [-0.15, -0.1) is 136 Å². The third-order valence-corrected chi connectivity index (χ3v) is 46.4. The summed E-state index contributed by atoms with van der Waals surface area (Å²) in [6.45, 7) is 41.5. The number of fused-ring (bicyclic) bond motifs is 6. The molecule has 0 spiro atoms. The van der Waals surface area contributed by atoms with E-state index in [2.05, 4.69) is 219 Å².